The highest BCUT2D eigenvalue weighted by Crippen LogP contribution is 2.20. The van der Waals surface area contributed by atoms with E-state index in [9.17, 15) is 4.79 Å². The molecule has 0 bridgehead atoms. The Bertz CT molecular complexity index is 592. The van der Waals surface area contributed by atoms with Crippen LogP contribution in [-0.4, -0.2) is 31.6 Å². The largest absolute Gasteiger partial charge is 0.464 e. The Morgan fingerprint density at radius 3 is 2.68 bits per heavy atom. The van der Waals surface area contributed by atoms with Crippen LogP contribution < -0.4 is 10.6 Å². The normalized spacial score (nSPS) is 13.9. The molecule has 0 spiro atoms. The molecular formula is C16H23N3O2S. The molecule has 0 saturated carbocycles. The molecule has 0 fully saturated rings. The first-order valence-corrected chi connectivity index (χ1v) is 8.21. The second-order valence-corrected chi connectivity index (χ2v) is 6.34. The smallest absolute Gasteiger partial charge is 0.315 e. The summed E-state index contributed by atoms with van der Waals surface area (Å²) in [4.78, 5) is 14.1. The number of furan rings is 1. The molecule has 22 heavy (non-hydrogen) atoms. The highest BCUT2D eigenvalue weighted by atomic mass is 32.1. The predicted octanol–water partition coefficient (Wildman–Crippen LogP) is 3.31. The van der Waals surface area contributed by atoms with Gasteiger partial charge in [0.1, 0.15) is 11.5 Å². The van der Waals surface area contributed by atoms with Crippen molar-refractivity contribution >= 4 is 17.4 Å². The quantitative estimate of drug-likeness (QED) is 0.858. The second kappa shape index (κ2) is 7.47. The van der Waals surface area contributed by atoms with Gasteiger partial charge in [-0.15, -0.1) is 0 Å². The van der Waals surface area contributed by atoms with Gasteiger partial charge in [-0.3, -0.25) is 0 Å². The maximum absolute atomic E-state index is 12.1. The molecule has 0 aliphatic heterocycles. The van der Waals surface area contributed by atoms with Gasteiger partial charge in [0.15, 0.2) is 0 Å². The van der Waals surface area contributed by atoms with Crippen molar-refractivity contribution in [2.24, 2.45) is 0 Å². The van der Waals surface area contributed by atoms with Crippen molar-refractivity contribution in [1.82, 2.24) is 15.5 Å². The Balaban J connectivity index is 1.86. The van der Waals surface area contributed by atoms with Crippen LogP contribution in [0.15, 0.2) is 33.4 Å². The molecule has 0 aliphatic carbocycles. The third-order valence-electron chi connectivity index (χ3n) is 3.54. The molecule has 2 amide bonds. The molecule has 0 unspecified atom stereocenters. The monoisotopic (exact) mass is 321 g/mol. The fraction of sp³-hybridized carbons (Fsp3) is 0.438. The fourth-order valence-electron chi connectivity index (χ4n) is 2.26. The fourth-order valence-corrected chi connectivity index (χ4v) is 2.96. The van der Waals surface area contributed by atoms with Gasteiger partial charge in [0.25, 0.3) is 0 Å². The summed E-state index contributed by atoms with van der Waals surface area (Å²) in [6.45, 7) is 4.35. The lowest BCUT2D eigenvalue weighted by molar-refractivity contribution is 0.228. The number of thiophene rings is 1. The predicted molar refractivity (Wildman–Crippen MR) is 89.1 cm³/mol. The van der Waals surface area contributed by atoms with Gasteiger partial charge in [-0.05, 0) is 62.5 Å². The molecule has 6 heteroatoms. The maximum Gasteiger partial charge on any atom is 0.315 e. The first-order chi connectivity index (χ1) is 10.5. The molecule has 2 heterocycles. The molecule has 0 radical (unpaired) electrons. The van der Waals surface area contributed by atoms with Crippen molar-refractivity contribution < 1.29 is 9.21 Å². The zero-order valence-electron chi connectivity index (χ0n) is 13.4. The van der Waals surface area contributed by atoms with Gasteiger partial charge in [0.2, 0.25) is 0 Å². The van der Waals surface area contributed by atoms with Crippen LogP contribution in [0.5, 0.6) is 0 Å². The molecular weight excluding hydrogens is 298 g/mol. The van der Waals surface area contributed by atoms with Crippen molar-refractivity contribution in [3.05, 3.63) is 46.0 Å². The van der Waals surface area contributed by atoms with Gasteiger partial charge in [0, 0.05) is 6.54 Å². The van der Waals surface area contributed by atoms with Crippen molar-refractivity contribution in [1.29, 1.82) is 0 Å². The number of nitrogens with one attached hydrogen (secondary N) is 2. The van der Waals surface area contributed by atoms with Crippen LogP contribution in [0.4, 0.5) is 4.79 Å². The Morgan fingerprint density at radius 1 is 1.36 bits per heavy atom. The summed E-state index contributed by atoms with van der Waals surface area (Å²) >= 11 is 1.66. The number of rotatable bonds is 6. The number of likely N-dealkylation sites (N-methyl/N-ethyl adjacent to an activating group) is 1. The van der Waals surface area contributed by atoms with E-state index in [0.717, 1.165) is 11.5 Å². The van der Waals surface area contributed by atoms with Gasteiger partial charge < -0.3 is 20.0 Å². The molecule has 5 nitrogen and oxygen atoms in total. The highest BCUT2D eigenvalue weighted by Gasteiger charge is 2.17. The first-order valence-electron chi connectivity index (χ1n) is 7.26. The zero-order chi connectivity index (χ0) is 16.1. The molecule has 2 atom stereocenters. The SMILES string of the molecule is Cc1ccc([C@H](C)NC(=O)NC[C@H](c2ccsc2)N(C)C)o1. The van der Waals surface area contributed by atoms with Gasteiger partial charge in [-0.25, -0.2) is 4.79 Å². The summed E-state index contributed by atoms with van der Waals surface area (Å²) in [5, 5.41) is 9.98. The molecule has 2 aromatic heterocycles. The number of aryl methyl sites for hydroxylation is 1. The first kappa shape index (κ1) is 16.6. The minimum Gasteiger partial charge on any atom is -0.464 e. The number of nitrogens with zero attached hydrogens (tertiary/aromatic N) is 1. The van der Waals surface area contributed by atoms with E-state index in [-0.39, 0.29) is 18.1 Å². The summed E-state index contributed by atoms with van der Waals surface area (Å²) in [6.07, 6.45) is 0. The minimum atomic E-state index is -0.191. The van der Waals surface area contributed by atoms with Crippen LogP contribution in [0.1, 0.15) is 36.1 Å². The third kappa shape index (κ3) is 4.35. The van der Waals surface area contributed by atoms with E-state index in [2.05, 4.69) is 27.0 Å². The van der Waals surface area contributed by atoms with Gasteiger partial charge in [-0.1, -0.05) is 0 Å². The van der Waals surface area contributed by atoms with Crippen LogP contribution in [0.25, 0.3) is 0 Å². The Morgan fingerprint density at radius 2 is 2.14 bits per heavy atom. The average Bonchev–Trinajstić information content (AvgIpc) is 3.10. The van der Waals surface area contributed by atoms with E-state index >= 15 is 0 Å². The van der Waals surface area contributed by atoms with E-state index in [0.29, 0.717) is 6.54 Å². The average molecular weight is 321 g/mol. The standard InChI is InChI=1S/C16H23N3O2S/c1-11-5-6-15(21-11)12(2)18-16(20)17-9-14(19(3)4)13-7-8-22-10-13/h5-8,10,12,14H,9H2,1-4H3,(H2,17,18,20)/t12-,14+/m0/s1. The van der Waals surface area contributed by atoms with Crippen molar-refractivity contribution in [3.8, 4) is 0 Å². The lowest BCUT2D eigenvalue weighted by atomic mass is 10.1. The van der Waals surface area contributed by atoms with E-state index in [1.54, 1.807) is 11.3 Å². The van der Waals surface area contributed by atoms with E-state index in [1.807, 2.05) is 45.5 Å². The number of urea groups is 1. The highest BCUT2D eigenvalue weighted by molar-refractivity contribution is 7.07. The van der Waals surface area contributed by atoms with Gasteiger partial charge in [-0.2, -0.15) is 11.3 Å². The van der Waals surface area contributed by atoms with E-state index < -0.39 is 0 Å². The molecule has 120 valence electrons. The van der Waals surface area contributed by atoms with Gasteiger partial charge >= 0.3 is 6.03 Å². The van der Waals surface area contributed by atoms with Gasteiger partial charge in [0.05, 0.1) is 12.1 Å². The van der Waals surface area contributed by atoms with E-state index in [1.165, 1.54) is 5.56 Å². The Hall–Kier alpha value is -1.79. The molecule has 2 rings (SSSR count). The lowest BCUT2D eigenvalue weighted by Gasteiger charge is -2.24. The maximum atomic E-state index is 12.1. The Kier molecular flexibility index (Phi) is 5.63. The molecule has 0 aliphatic rings. The number of carbonyl (C=O) groups is 1. The van der Waals surface area contributed by atoms with Crippen LogP contribution in [0.2, 0.25) is 0 Å². The Labute approximate surface area is 135 Å². The lowest BCUT2D eigenvalue weighted by Crippen LogP contribution is -2.41. The minimum absolute atomic E-state index is 0.160. The topological polar surface area (TPSA) is 57.5 Å². The van der Waals surface area contributed by atoms with Crippen LogP contribution in [-0.2, 0) is 0 Å². The number of carbonyl (C=O) groups excluding carboxylic acids is 1. The molecule has 2 aromatic rings. The van der Waals surface area contributed by atoms with Crippen molar-refractivity contribution in [2.75, 3.05) is 20.6 Å². The van der Waals surface area contributed by atoms with Crippen molar-refractivity contribution in [3.63, 3.8) is 0 Å². The number of hydrogen-bond donors (Lipinski definition) is 2. The second-order valence-electron chi connectivity index (χ2n) is 5.56. The number of hydrogen-bond acceptors (Lipinski definition) is 4. The summed E-state index contributed by atoms with van der Waals surface area (Å²) in [7, 11) is 4.02. The summed E-state index contributed by atoms with van der Waals surface area (Å²) in [6, 6.07) is 5.68. The molecule has 0 saturated heterocycles. The zero-order valence-corrected chi connectivity index (χ0v) is 14.2. The van der Waals surface area contributed by atoms with Crippen LogP contribution in [0.3, 0.4) is 0 Å². The third-order valence-corrected chi connectivity index (χ3v) is 4.24. The van der Waals surface area contributed by atoms with E-state index in [4.69, 9.17) is 4.42 Å². The number of amides is 2. The van der Waals surface area contributed by atoms with Crippen LogP contribution >= 0.6 is 11.3 Å². The molecule has 0 aromatic carbocycles. The van der Waals surface area contributed by atoms with Crippen LogP contribution in [0, 0.1) is 6.92 Å². The van der Waals surface area contributed by atoms with Crippen molar-refractivity contribution in [2.45, 2.75) is 25.9 Å². The summed E-state index contributed by atoms with van der Waals surface area (Å²) < 4.78 is 5.52. The molecule has 2 N–H and O–H groups in total. The summed E-state index contributed by atoms with van der Waals surface area (Å²) in [5.74, 6) is 1.60. The summed E-state index contributed by atoms with van der Waals surface area (Å²) in [5.41, 5.74) is 1.21.